The van der Waals surface area contributed by atoms with Gasteiger partial charge in [0, 0.05) is 18.7 Å². The highest BCUT2D eigenvalue weighted by Gasteiger charge is 2.15. The van der Waals surface area contributed by atoms with Crippen molar-refractivity contribution in [3.8, 4) is 17.2 Å². The summed E-state index contributed by atoms with van der Waals surface area (Å²) in [5.41, 5.74) is 1.78. The van der Waals surface area contributed by atoms with E-state index in [4.69, 9.17) is 25.8 Å². The van der Waals surface area contributed by atoms with Crippen LogP contribution in [-0.2, 0) is 5.41 Å². The molecule has 30 heavy (non-hydrogen) atoms. The number of nitrogens with one attached hydrogen (secondary N) is 2. The Labute approximate surface area is 191 Å². The molecule has 0 fully saturated rings. The lowest BCUT2D eigenvalue weighted by Crippen LogP contribution is -2.30. The molecule has 0 saturated heterocycles. The summed E-state index contributed by atoms with van der Waals surface area (Å²) in [4.78, 5) is 12.2. The van der Waals surface area contributed by atoms with E-state index in [1.807, 2.05) is 6.07 Å². The summed E-state index contributed by atoms with van der Waals surface area (Å²) in [6.07, 6.45) is 0.655. The van der Waals surface area contributed by atoms with Crippen LogP contribution in [0.25, 0.3) is 0 Å². The number of hydrogen-bond acceptors (Lipinski definition) is 4. The molecule has 0 spiro atoms. The van der Waals surface area contributed by atoms with Crippen LogP contribution in [0, 0.1) is 0 Å². The van der Waals surface area contributed by atoms with Crippen molar-refractivity contribution in [1.82, 2.24) is 5.32 Å². The van der Waals surface area contributed by atoms with Crippen LogP contribution in [0.3, 0.4) is 0 Å². The smallest absolute Gasteiger partial charge is 0.319 e. The number of anilines is 1. The number of ether oxygens (including phenoxy) is 3. The van der Waals surface area contributed by atoms with E-state index in [0.29, 0.717) is 41.8 Å². The number of benzene rings is 2. The third-order valence-electron chi connectivity index (χ3n) is 4.38. The molecule has 8 heteroatoms. The standard InChI is InChI=1S/C22H28BrClN2O4/c1-22(2,3)14-7-8-18(15(23)11-14)30-10-6-9-25-21(27)26-17-13-19(28-4)16(24)12-20(17)29-5/h7-8,11-13H,6,9-10H2,1-5H3,(H2,25,26,27). The minimum absolute atomic E-state index is 0.0785. The molecule has 6 nitrogen and oxygen atoms in total. The van der Waals surface area contributed by atoms with Crippen molar-refractivity contribution in [3.63, 3.8) is 0 Å². The van der Waals surface area contributed by atoms with Crippen LogP contribution in [0.1, 0.15) is 32.8 Å². The highest BCUT2D eigenvalue weighted by molar-refractivity contribution is 9.10. The Balaban J connectivity index is 1.81. The van der Waals surface area contributed by atoms with E-state index in [-0.39, 0.29) is 11.4 Å². The summed E-state index contributed by atoms with van der Waals surface area (Å²) in [7, 11) is 3.01. The van der Waals surface area contributed by atoms with Crippen LogP contribution < -0.4 is 24.8 Å². The number of carbonyl (C=O) groups excluding carboxylic acids is 1. The summed E-state index contributed by atoms with van der Waals surface area (Å²) >= 11 is 9.64. The second kappa shape index (κ2) is 10.8. The number of hydrogen-bond donors (Lipinski definition) is 2. The van der Waals surface area contributed by atoms with Crippen molar-refractivity contribution in [1.29, 1.82) is 0 Å². The normalized spacial score (nSPS) is 11.0. The van der Waals surface area contributed by atoms with E-state index in [0.717, 1.165) is 10.2 Å². The van der Waals surface area contributed by atoms with Gasteiger partial charge in [-0.2, -0.15) is 0 Å². The molecule has 2 aromatic carbocycles. The largest absolute Gasteiger partial charge is 0.495 e. The van der Waals surface area contributed by atoms with Crippen LogP contribution in [0.2, 0.25) is 5.02 Å². The van der Waals surface area contributed by atoms with Crippen LogP contribution in [-0.4, -0.2) is 33.4 Å². The predicted molar refractivity (Wildman–Crippen MR) is 125 cm³/mol. The quantitative estimate of drug-likeness (QED) is 0.437. The Morgan fingerprint density at radius 1 is 1.07 bits per heavy atom. The Morgan fingerprint density at radius 2 is 1.77 bits per heavy atom. The fourth-order valence-electron chi connectivity index (χ4n) is 2.67. The SMILES string of the molecule is COc1cc(NC(=O)NCCCOc2ccc(C(C)(C)C)cc2Br)c(OC)cc1Cl. The third-order valence-corrected chi connectivity index (χ3v) is 5.30. The van der Waals surface area contributed by atoms with Gasteiger partial charge in [-0.15, -0.1) is 0 Å². The highest BCUT2D eigenvalue weighted by Crippen LogP contribution is 2.36. The van der Waals surface area contributed by atoms with Gasteiger partial charge in [0.05, 0.1) is 36.0 Å². The summed E-state index contributed by atoms with van der Waals surface area (Å²) in [5.74, 6) is 1.68. The van der Waals surface area contributed by atoms with Gasteiger partial charge in [-0.05, 0) is 45.5 Å². The molecule has 2 amide bonds. The molecule has 0 atom stereocenters. The maximum Gasteiger partial charge on any atom is 0.319 e. The minimum atomic E-state index is -0.353. The van der Waals surface area contributed by atoms with Crippen LogP contribution in [0.4, 0.5) is 10.5 Å². The van der Waals surface area contributed by atoms with Crippen molar-refractivity contribution < 1.29 is 19.0 Å². The molecule has 0 heterocycles. The van der Waals surface area contributed by atoms with E-state index in [2.05, 4.69) is 59.5 Å². The predicted octanol–water partition coefficient (Wildman–Crippen LogP) is 6.01. The van der Waals surface area contributed by atoms with Gasteiger partial charge in [0.15, 0.2) is 0 Å². The van der Waals surface area contributed by atoms with Gasteiger partial charge in [0.1, 0.15) is 17.2 Å². The molecule has 164 valence electrons. The summed E-state index contributed by atoms with van der Waals surface area (Å²) in [5, 5.41) is 5.93. The van der Waals surface area contributed by atoms with Gasteiger partial charge in [-0.25, -0.2) is 4.79 Å². The molecule has 0 aliphatic heterocycles. The molecule has 0 radical (unpaired) electrons. The number of rotatable bonds is 8. The molecule has 0 aliphatic rings. The van der Waals surface area contributed by atoms with E-state index < -0.39 is 0 Å². The van der Waals surface area contributed by atoms with Gasteiger partial charge in [0.2, 0.25) is 0 Å². The van der Waals surface area contributed by atoms with Crippen molar-refractivity contribution >= 4 is 39.2 Å². The Hall–Kier alpha value is -2.12. The topological polar surface area (TPSA) is 68.8 Å². The van der Waals surface area contributed by atoms with Crippen LogP contribution in [0.15, 0.2) is 34.8 Å². The average molecular weight is 500 g/mol. The Morgan fingerprint density at radius 3 is 2.37 bits per heavy atom. The first-order valence-corrected chi connectivity index (χ1v) is 10.7. The second-order valence-corrected chi connectivity index (χ2v) is 8.93. The van der Waals surface area contributed by atoms with Crippen molar-refractivity contribution in [2.75, 3.05) is 32.7 Å². The molecule has 2 rings (SSSR count). The second-order valence-electron chi connectivity index (χ2n) is 7.67. The lowest BCUT2D eigenvalue weighted by Gasteiger charge is -2.20. The number of amides is 2. The first-order chi connectivity index (χ1) is 14.2. The first kappa shape index (κ1) is 24.2. The lowest BCUT2D eigenvalue weighted by molar-refractivity contribution is 0.250. The zero-order valence-corrected chi connectivity index (χ0v) is 20.2. The van der Waals surface area contributed by atoms with Gasteiger partial charge in [0.25, 0.3) is 0 Å². The van der Waals surface area contributed by atoms with Gasteiger partial charge in [-0.3, -0.25) is 0 Å². The zero-order valence-electron chi connectivity index (χ0n) is 17.9. The van der Waals surface area contributed by atoms with Gasteiger partial charge < -0.3 is 24.8 Å². The molecule has 2 aromatic rings. The van der Waals surface area contributed by atoms with E-state index in [1.54, 1.807) is 12.1 Å². The number of urea groups is 1. The molecule has 0 aromatic heterocycles. The molecular weight excluding hydrogens is 472 g/mol. The van der Waals surface area contributed by atoms with E-state index >= 15 is 0 Å². The molecule has 0 aliphatic carbocycles. The molecular formula is C22H28BrClN2O4. The maximum atomic E-state index is 12.2. The van der Waals surface area contributed by atoms with E-state index in [1.165, 1.54) is 19.8 Å². The Kier molecular flexibility index (Phi) is 8.67. The fourth-order valence-corrected chi connectivity index (χ4v) is 3.39. The monoisotopic (exact) mass is 498 g/mol. The van der Waals surface area contributed by atoms with Crippen LogP contribution >= 0.6 is 27.5 Å². The number of carbonyl (C=O) groups is 1. The van der Waals surface area contributed by atoms with Crippen LogP contribution in [0.5, 0.6) is 17.2 Å². The van der Waals surface area contributed by atoms with E-state index in [9.17, 15) is 4.79 Å². The summed E-state index contributed by atoms with van der Waals surface area (Å²) in [6.45, 7) is 7.44. The van der Waals surface area contributed by atoms with Crippen molar-refractivity contribution in [2.45, 2.75) is 32.6 Å². The zero-order chi connectivity index (χ0) is 22.3. The van der Waals surface area contributed by atoms with Crippen molar-refractivity contribution in [3.05, 3.63) is 45.4 Å². The average Bonchev–Trinajstić information content (AvgIpc) is 2.68. The molecule has 0 bridgehead atoms. The first-order valence-electron chi connectivity index (χ1n) is 9.55. The number of methoxy groups -OCH3 is 2. The molecule has 2 N–H and O–H groups in total. The van der Waals surface area contributed by atoms with Gasteiger partial charge in [-0.1, -0.05) is 38.4 Å². The lowest BCUT2D eigenvalue weighted by atomic mass is 9.87. The Bertz CT molecular complexity index is 884. The van der Waals surface area contributed by atoms with Gasteiger partial charge >= 0.3 is 6.03 Å². The molecule has 0 saturated carbocycles. The van der Waals surface area contributed by atoms with Crippen molar-refractivity contribution in [2.24, 2.45) is 0 Å². The highest BCUT2D eigenvalue weighted by atomic mass is 79.9. The summed E-state index contributed by atoms with van der Waals surface area (Å²) in [6, 6.07) is 8.96. The minimum Gasteiger partial charge on any atom is -0.495 e. The summed E-state index contributed by atoms with van der Waals surface area (Å²) < 4.78 is 17.2. The fraction of sp³-hybridized carbons (Fsp3) is 0.409. The maximum absolute atomic E-state index is 12.2. The number of halogens is 2. The third kappa shape index (κ3) is 6.71. The molecule has 0 unspecified atom stereocenters.